The molecule has 0 saturated carbocycles. The fraction of sp³-hybridized carbons (Fsp3) is 0.200. The normalized spacial score (nSPS) is 10.7. The Morgan fingerprint density at radius 1 is 1.08 bits per heavy atom. The molecule has 6 nitrogen and oxygen atoms in total. The van der Waals surface area contributed by atoms with Gasteiger partial charge in [0.2, 0.25) is 11.7 Å². The minimum Gasteiger partial charge on any atom is -0.368 e. The molecule has 134 valence electrons. The molecule has 1 heterocycles. The summed E-state index contributed by atoms with van der Waals surface area (Å²) in [5.41, 5.74) is 9.25. The molecule has 6 heteroatoms. The van der Waals surface area contributed by atoms with E-state index < -0.39 is 11.9 Å². The quantitative estimate of drug-likeness (QED) is 0.546. The first kappa shape index (κ1) is 17.5. The second kappa shape index (κ2) is 7.31. The Morgan fingerprint density at radius 2 is 1.81 bits per heavy atom. The van der Waals surface area contributed by atoms with E-state index in [0.29, 0.717) is 17.7 Å². The summed E-state index contributed by atoms with van der Waals surface area (Å²) in [6.45, 7) is 3.21. The predicted octanol–water partition coefficient (Wildman–Crippen LogP) is 2.88. The molecule has 0 aliphatic heterocycles. The molecule has 3 aromatic rings. The van der Waals surface area contributed by atoms with Gasteiger partial charge in [0, 0.05) is 18.0 Å². The number of para-hydroxylation sites is 1. The van der Waals surface area contributed by atoms with Crippen molar-refractivity contribution in [2.45, 2.75) is 26.8 Å². The minimum absolute atomic E-state index is 0.0115. The number of amides is 1. The largest absolute Gasteiger partial charge is 0.368 e. The van der Waals surface area contributed by atoms with Gasteiger partial charge in [-0.2, -0.15) is 0 Å². The molecular formula is C20H20N2O4. The third kappa shape index (κ3) is 3.54. The van der Waals surface area contributed by atoms with E-state index in [1.165, 1.54) is 6.92 Å². The van der Waals surface area contributed by atoms with Gasteiger partial charge in [-0.3, -0.25) is 14.6 Å². The molecule has 0 aliphatic rings. The summed E-state index contributed by atoms with van der Waals surface area (Å²) in [4.78, 5) is 32.6. The van der Waals surface area contributed by atoms with Gasteiger partial charge in [0.1, 0.15) is 6.54 Å². The van der Waals surface area contributed by atoms with Gasteiger partial charge in [0.15, 0.2) is 0 Å². The Hall–Kier alpha value is -3.28. The lowest BCUT2D eigenvalue weighted by atomic mass is 10.0. The first-order valence-corrected chi connectivity index (χ1v) is 8.25. The van der Waals surface area contributed by atoms with Crippen LogP contribution < -0.4 is 10.6 Å². The SMILES string of the molecule is CC(=O)OOc1cccc2c(Cc3ccccc3)c(C)n(CC(N)=O)c12. The minimum atomic E-state index is -0.559. The van der Waals surface area contributed by atoms with Crippen LogP contribution in [0.4, 0.5) is 0 Å². The summed E-state index contributed by atoms with van der Waals surface area (Å²) in [6.07, 6.45) is 0.700. The average molecular weight is 352 g/mol. The highest BCUT2D eigenvalue weighted by Crippen LogP contribution is 2.34. The van der Waals surface area contributed by atoms with Crippen LogP contribution in [-0.4, -0.2) is 16.4 Å². The molecule has 26 heavy (non-hydrogen) atoms. The van der Waals surface area contributed by atoms with E-state index in [1.54, 1.807) is 10.6 Å². The molecule has 0 unspecified atom stereocenters. The Morgan fingerprint density at radius 3 is 2.46 bits per heavy atom. The number of carbonyl (C=O) groups is 2. The Bertz CT molecular complexity index is 961. The lowest BCUT2D eigenvalue weighted by Gasteiger charge is -2.09. The number of fused-ring (bicyclic) bond motifs is 1. The molecule has 0 bridgehead atoms. The predicted molar refractivity (Wildman–Crippen MR) is 97.5 cm³/mol. The maximum absolute atomic E-state index is 11.6. The second-order valence-electron chi connectivity index (χ2n) is 6.09. The molecule has 0 radical (unpaired) electrons. The van der Waals surface area contributed by atoms with Crippen molar-refractivity contribution in [3.05, 3.63) is 65.4 Å². The number of hydrogen-bond acceptors (Lipinski definition) is 4. The lowest BCUT2D eigenvalue weighted by molar-refractivity contribution is -0.210. The lowest BCUT2D eigenvalue weighted by Crippen LogP contribution is -2.19. The van der Waals surface area contributed by atoms with Crippen molar-refractivity contribution in [3.63, 3.8) is 0 Å². The fourth-order valence-electron chi connectivity index (χ4n) is 3.12. The van der Waals surface area contributed by atoms with Gasteiger partial charge in [-0.15, -0.1) is 0 Å². The zero-order valence-corrected chi connectivity index (χ0v) is 14.7. The highest BCUT2D eigenvalue weighted by molar-refractivity contribution is 5.92. The fourth-order valence-corrected chi connectivity index (χ4v) is 3.12. The highest BCUT2D eigenvalue weighted by atomic mass is 17.2. The maximum Gasteiger partial charge on any atom is 0.352 e. The highest BCUT2D eigenvalue weighted by Gasteiger charge is 2.20. The molecule has 0 atom stereocenters. The van der Waals surface area contributed by atoms with Gasteiger partial charge in [-0.05, 0) is 30.5 Å². The van der Waals surface area contributed by atoms with Gasteiger partial charge < -0.3 is 10.3 Å². The van der Waals surface area contributed by atoms with Crippen LogP contribution >= 0.6 is 0 Å². The van der Waals surface area contributed by atoms with Crippen LogP contribution in [0, 0.1) is 6.92 Å². The van der Waals surface area contributed by atoms with Crippen molar-refractivity contribution >= 4 is 22.8 Å². The summed E-state index contributed by atoms with van der Waals surface area (Å²) in [6, 6.07) is 15.5. The van der Waals surface area contributed by atoms with Crippen molar-refractivity contribution in [2.75, 3.05) is 0 Å². The summed E-state index contributed by atoms with van der Waals surface area (Å²) in [7, 11) is 0. The molecule has 2 N–H and O–H groups in total. The van der Waals surface area contributed by atoms with Crippen molar-refractivity contribution in [1.29, 1.82) is 0 Å². The van der Waals surface area contributed by atoms with Crippen molar-refractivity contribution in [2.24, 2.45) is 5.73 Å². The monoisotopic (exact) mass is 352 g/mol. The first-order chi connectivity index (χ1) is 12.5. The zero-order chi connectivity index (χ0) is 18.7. The van der Waals surface area contributed by atoms with Crippen molar-refractivity contribution in [1.82, 2.24) is 4.57 Å². The number of benzene rings is 2. The standard InChI is InChI=1S/C20H20N2O4/c1-13-17(11-15-7-4-3-5-8-15)16-9-6-10-18(26-25-14(2)23)20(16)22(13)12-19(21)24/h3-10H,11-12H2,1-2H3,(H2,21,24). The van der Waals surface area contributed by atoms with Gasteiger partial charge in [0.05, 0.1) is 5.52 Å². The molecule has 0 fully saturated rings. The summed E-state index contributed by atoms with van der Waals surface area (Å²) < 4.78 is 1.80. The summed E-state index contributed by atoms with van der Waals surface area (Å²) >= 11 is 0. The Kier molecular flexibility index (Phi) is 4.93. The number of primary amides is 1. The van der Waals surface area contributed by atoms with Gasteiger partial charge in [0.25, 0.3) is 0 Å². The van der Waals surface area contributed by atoms with Crippen LogP contribution in [0.1, 0.15) is 23.7 Å². The van der Waals surface area contributed by atoms with Crippen LogP contribution in [0.2, 0.25) is 0 Å². The molecule has 1 aromatic heterocycles. The van der Waals surface area contributed by atoms with Crippen LogP contribution in [0.3, 0.4) is 0 Å². The number of nitrogens with two attached hydrogens (primary N) is 1. The van der Waals surface area contributed by atoms with E-state index in [0.717, 1.165) is 22.2 Å². The number of hydrogen-bond donors (Lipinski definition) is 1. The van der Waals surface area contributed by atoms with Crippen LogP contribution in [0.25, 0.3) is 10.9 Å². The van der Waals surface area contributed by atoms with Crippen molar-refractivity contribution in [3.8, 4) is 5.75 Å². The number of carbonyl (C=O) groups excluding carboxylic acids is 2. The summed E-state index contributed by atoms with van der Waals surface area (Å²) in [5, 5.41) is 0.928. The second-order valence-corrected chi connectivity index (χ2v) is 6.09. The van der Waals surface area contributed by atoms with Gasteiger partial charge in [-0.25, -0.2) is 4.79 Å². The smallest absolute Gasteiger partial charge is 0.352 e. The van der Waals surface area contributed by atoms with Crippen LogP contribution in [-0.2, 0) is 27.4 Å². The number of rotatable bonds is 6. The van der Waals surface area contributed by atoms with Crippen LogP contribution in [0.5, 0.6) is 5.75 Å². The Balaban J connectivity index is 2.15. The van der Waals surface area contributed by atoms with Gasteiger partial charge >= 0.3 is 5.97 Å². The molecule has 1 amide bonds. The van der Waals surface area contributed by atoms with E-state index in [1.807, 2.05) is 37.3 Å². The maximum atomic E-state index is 11.6. The molecule has 0 saturated heterocycles. The van der Waals surface area contributed by atoms with Gasteiger partial charge in [-0.1, -0.05) is 42.5 Å². The number of nitrogens with zero attached hydrogens (tertiary/aromatic N) is 1. The molecule has 0 aliphatic carbocycles. The Labute approximate surface area is 151 Å². The molecular weight excluding hydrogens is 332 g/mol. The molecule has 2 aromatic carbocycles. The number of aromatic nitrogens is 1. The van der Waals surface area contributed by atoms with Crippen molar-refractivity contribution < 1.29 is 19.4 Å². The average Bonchev–Trinajstić information content (AvgIpc) is 2.86. The topological polar surface area (TPSA) is 83.6 Å². The molecule has 3 rings (SSSR count). The van der Waals surface area contributed by atoms with E-state index >= 15 is 0 Å². The van der Waals surface area contributed by atoms with Crippen LogP contribution in [0.15, 0.2) is 48.5 Å². The zero-order valence-electron chi connectivity index (χ0n) is 14.7. The van der Waals surface area contributed by atoms with E-state index in [9.17, 15) is 9.59 Å². The summed E-state index contributed by atoms with van der Waals surface area (Å²) in [5.74, 6) is -0.656. The van der Waals surface area contributed by atoms with E-state index in [4.69, 9.17) is 15.5 Å². The first-order valence-electron chi connectivity index (χ1n) is 8.25. The van der Waals surface area contributed by atoms with E-state index in [2.05, 4.69) is 12.1 Å². The van der Waals surface area contributed by atoms with E-state index in [-0.39, 0.29) is 6.54 Å². The molecule has 0 spiro atoms. The third-order valence-corrected chi connectivity index (χ3v) is 4.22. The third-order valence-electron chi connectivity index (χ3n) is 4.22.